The molecule has 5 rings (SSSR count). The lowest BCUT2D eigenvalue weighted by Gasteiger charge is -2.53. The predicted octanol–water partition coefficient (Wildman–Crippen LogP) is 2.41. The highest BCUT2D eigenvalue weighted by molar-refractivity contribution is 5.11. The van der Waals surface area contributed by atoms with Crippen molar-refractivity contribution in [2.45, 2.75) is 44.4 Å². The molecule has 4 aliphatic carbocycles. The number of hydrogen-bond acceptors (Lipinski definition) is 3. The van der Waals surface area contributed by atoms with Crippen LogP contribution >= 0.6 is 0 Å². The van der Waals surface area contributed by atoms with Crippen molar-refractivity contribution in [1.82, 2.24) is 15.2 Å². The Morgan fingerprint density at radius 2 is 1.78 bits per heavy atom. The first-order valence-corrected chi connectivity index (χ1v) is 7.11. The Balaban J connectivity index is 1.62. The molecule has 4 fully saturated rings. The zero-order valence-electron chi connectivity index (χ0n) is 10.5. The molecular weight excluding hydrogens is 224 g/mol. The molecule has 94 valence electrons. The second-order valence-corrected chi connectivity index (χ2v) is 6.43. The van der Waals surface area contributed by atoms with E-state index in [4.69, 9.17) is 5.26 Å². The first kappa shape index (κ1) is 10.5. The van der Waals surface area contributed by atoms with Crippen molar-refractivity contribution in [2.24, 2.45) is 23.7 Å². The van der Waals surface area contributed by atoms with Crippen LogP contribution in [0.3, 0.4) is 0 Å². The molecule has 0 unspecified atom stereocenters. The fourth-order valence-electron chi connectivity index (χ4n) is 4.96. The highest BCUT2D eigenvalue weighted by Gasteiger charge is 2.49. The fraction of sp³-hybridized carbons (Fsp3) is 0.786. The molecule has 4 saturated carbocycles. The molecule has 4 heteroatoms. The highest BCUT2D eigenvalue weighted by Crippen LogP contribution is 2.59. The molecule has 4 nitrogen and oxygen atoms in total. The monoisotopic (exact) mass is 242 g/mol. The van der Waals surface area contributed by atoms with Crippen LogP contribution in [0.25, 0.3) is 0 Å². The van der Waals surface area contributed by atoms with Gasteiger partial charge in [-0.25, -0.2) is 4.98 Å². The normalized spacial score (nSPS) is 40.9. The molecule has 0 aliphatic heterocycles. The van der Waals surface area contributed by atoms with Gasteiger partial charge in [-0.15, -0.1) is 0 Å². The highest BCUT2D eigenvalue weighted by atomic mass is 15.2. The van der Waals surface area contributed by atoms with E-state index >= 15 is 0 Å². The van der Waals surface area contributed by atoms with Gasteiger partial charge in [0.1, 0.15) is 5.82 Å². The van der Waals surface area contributed by atoms with Gasteiger partial charge < -0.3 is 0 Å². The summed E-state index contributed by atoms with van der Waals surface area (Å²) >= 11 is 0. The quantitative estimate of drug-likeness (QED) is 0.866. The number of aromatic amines is 1. The van der Waals surface area contributed by atoms with Crippen LogP contribution in [0.4, 0.5) is 0 Å². The van der Waals surface area contributed by atoms with Crippen molar-refractivity contribution in [1.29, 1.82) is 5.26 Å². The second-order valence-electron chi connectivity index (χ2n) is 6.43. The van der Waals surface area contributed by atoms with Crippen LogP contribution in [-0.4, -0.2) is 15.2 Å². The van der Waals surface area contributed by atoms with Crippen molar-refractivity contribution < 1.29 is 0 Å². The van der Waals surface area contributed by atoms with Gasteiger partial charge in [-0.3, -0.25) is 5.10 Å². The van der Waals surface area contributed by atoms with Gasteiger partial charge in [0.15, 0.2) is 5.82 Å². The second kappa shape index (κ2) is 3.81. The topological polar surface area (TPSA) is 65.4 Å². The zero-order chi connectivity index (χ0) is 12.1. The number of nitrogens with one attached hydrogen (secondary N) is 1. The Bertz CT molecular complexity index is 470. The van der Waals surface area contributed by atoms with Crippen molar-refractivity contribution >= 4 is 0 Å². The van der Waals surface area contributed by atoms with Crippen LogP contribution in [0.1, 0.15) is 49.7 Å². The van der Waals surface area contributed by atoms with Crippen LogP contribution in [0.5, 0.6) is 0 Å². The molecule has 0 aromatic carbocycles. The summed E-state index contributed by atoms with van der Waals surface area (Å²) in [4.78, 5) is 4.56. The molecule has 1 aromatic rings. The summed E-state index contributed by atoms with van der Waals surface area (Å²) in [5, 5.41) is 16.0. The van der Waals surface area contributed by atoms with Crippen LogP contribution in [0.2, 0.25) is 0 Å². The van der Waals surface area contributed by atoms with Crippen molar-refractivity contribution in [3.05, 3.63) is 11.6 Å². The van der Waals surface area contributed by atoms with Gasteiger partial charge in [0.05, 0.1) is 12.5 Å². The van der Waals surface area contributed by atoms with E-state index in [1.54, 1.807) is 0 Å². The molecule has 0 spiro atoms. The summed E-state index contributed by atoms with van der Waals surface area (Å²) in [6.45, 7) is 0. The Hall–Kier alpha value is -1.37. The summed E-state index contributed by atoms with van der Waals surface area (Å²) in [5.74, 6) is 5.90. The largest absolute Gasteiger partial charge is 0.262 e. The van der Waals surface area contributed by atoms with E-state index in [0.717, 1.165) is 35.3 Å². The van der Waals surface area contributed by atoms with E-state index in [1.165, 1.54) is 32.1 Å². The smallest absolute Gasteiger partial charge is 0.154 e. The minimum Gasteiger partial charge on any atom is -0.262 e. The van der Waals surface area contributed by atoms with E-state index in [1.807, 2.05) is 0 Å². The number of hydrogen-bond donors (Lipinski definition) is 1. The van der Waals surface area contributed by atoms with Crippen molar-refractivity contribution in [3.63, 3.8) is 0 Å². The maximum atomic E-state index is 8.70. The molecule has 0 atom stereocenters. The van der Waals surface area contributed by atoms with Gasteiger partial charge in [0, 0.05) is 5.92 Å². The third-order valence-electron chi connectivity index (χ3n) is 5.32. The Labute approximate surface area is 107 Å². The van der Waals surface area contributed by atoms with Crippen molar-refractivity contribution in [2.75, 3.05) is 0 Å². The summed E-state index contributed by atoms with van der Waals surface area (Å²) in [6.07, 6.45) is 7.38. The first-order valence-electron chi connectivity index (χ1n) is 7.11. The van der Waals surface area contributed by atoms with E-state index in [2.05, 4.69) is 21.3 Å². The van der Waals surface area contributed by atoms with Gasteiger partial charge in [-0.05, 0) is 55.8 Å². The number of nitrogens with zero attached hydrogens (tertiary/aromatic N) is 3. The SMILES string of the molecule is N#CCc1nc(C2C3CC4CC(C3)CC2C4)n[nH]1. The lowest BCUT2D eigenvalue weighted by atomic mass is 9.52. The number of H-pyrrole nitrogens is 1. The lowest BCUT2D eigenvalue weighted by Crippen LogP contribution is -2.44. The van der Waals surface area contributed by atoms with Gasteiger partial charge in [0.2, 0.25) is 0 Å². The van der Waals surface area contributed by atoms with Gasteiger partial charge >= 0.3 is 0 Å². The van der Waals surface area contributed by atoms with E-state index in [9.17, 15) is 0 Å². The molecule has 1 heterocycles. The van der Waals surface area contributed by atoms with Crippen LogP contribution < -0.4 is 0 Å². The summed E-state index contributed by atoms with van der Waals surface area (Å²) in [6, 6.07) is 2.13. The van der Waals surface area contributed by atoms with Crippen molar-refractivity contribution in [3.8, 4) is 6.07 Å². The average molecular weight is 242 g/mol. The average Bonchev–Trinajstić information content (AvgIpc) is 2.76. The summed E-state index contributed by atoms with van der Waals surface area (Å²) in [5.41, 5.74) is 0. The third kappa shape index (κ3) is 1.50. The van der Waals surface area contributed by atoms with Crippen LogP contribution in [0.15, 0.2) is 0 Å². The Kier molecular flexibility index (Phi) is 2.23. The Morgan fingerprint density at radius 1 is 1.11 bits per heavy atom. The number of rotatable bonds is 2. The summed E-state index contributed by atoms with van der Waals surface area (Å²) in [7, 11) is 0. The maximum absolute atomic E-state index is 8.70. The fourth-order valence-corrected chi connectivity index (χ4v) is 4.96. The molecule has 0 amide bonds. The van der Waals surface area contributed by atoms with Crippen LogP contribution in [0, 0.1) is 35.0 Å². The summed E-state index contributed by atoms with van der Waals surface area (Å²) < 4.78 is 0. The molecule has 4 bridgehead atoms. The molecular formula is C14H18N4. The minimum absolute atomic E-state index is 0.348. The number of nitriles is 1. The number of aromatic nitrogens is 3. The van der Waals surface area contributed by atoms with E-state index in [-0.39, 0.29) is 0 Å². The molecule has 4 aliphatic rings. The molecule has 0 radical (unpaired) electrons. The molecule has 18 heavy (non-hydrogen) atoms. The van der Waals surface area contributed by atoms with Gasteiger partial charge in [-0.2, -0.15) is 10.4 Å². The van der Waals surface area contributed by atoms with Gasteiger partial charge in [-0.1, -0.05) is 0 Å². The third-order valence-corrected chi connectivity index (χ3v) is 5.32. The van der Waals surface area contributed by atoms with Crippen LogP contribution in [-0.2, 0) is 6.42 Å². The minimum atomic E-state index is 0.348. The first-order chi connectivity index (χ1) is 8.83. The lowest BCUT2D eigenvalue weighted by molar-refractivity contribution is -0.00555. The molecule has 1 aromatic heterocycles. The maximum Gasteiger partial charge on any atom is 0.154 e. The molecule has 1 N–H and O–H groups in total. The Morgan fingerprint density at radius 3 is 2.39 bits per heavy atom. The predicted molar refractivity (Wildman–Crippen MR) is 65.5 cm³/mol. The standard InChI is InChI=1S/C14H18N4/c15-2-1-12-16-14(18-17-12)13-10-4-8-3-9(6-10)7-11(13)5-8/h8-11,13H,1,3-7H2,(H,16,17,18). The zero-order valence-corrected chi connectivity index (χ0v) is 10.5. The van der Waals surface area contributed by atoms with E-state index in [0.29, 0.717) is 12.3 Å². The molecule has 0 saturated heterocycles. The van der Waals surface area contributed by atoms with Gasteiger partial charge in [0.25, 0.3) is 0 Å². The van der Waals surface area contributed by atoms with E-state index < -0.39 is 0 Å².